The van der Waals surface area contributed by atoms with Crippen molar-refractivity contribution in [1.29, 1.82) is 0 Å². The van der Waals surface area contributed by atoms with E-state index in [1.807, 2.05) is 0 Å². The number of aliphatic hydroxyl groups excluding tert-OH is 1. The van der Waals surface area contributed by atoms with Gasteiger partial charge in [0.15, 0.2) is 6.10 Å². The van der Waals surface area contributed by atoms with E-state index < -0.39 is 12.1 Å². The summed E-state index contributed by atoms with van der Waals surface area (Å²) in [6, 6.07) is 5.72. The Kier molecular flexibility index (Phi) is 3.48. The van der Waals surface area contributed by atoms with Crippen molar-refractivity contribution in [2.24, 2.45) is 0 Å². The lowest BCUT2D eigenvalue weighted by atomic mass is 10.3. The zero-order valence-corrected chi connectivity index (χ0v) is 7.80. The first-order valence-electron chi connectivity index (χ1n) is 4.32. The van der Waals surface area contributed by atoms with E-state index in [4.69, 9.17) is 14.9 Å². The van der Waals surface area contributed by atoms with E-state index in [0.29, 0.717) is 12.2 Å². The van der Waals surface area contributed by atoms with Crippen molar-refractivity contribution >= 4 is 5.97 Å². The van der Waals surface area contributed by atoms with Crippen LogP contribution >= 0.6 is 0 Å². The van der Waals surface area contributed by atoms with Crippen molar-refractivity contribution in [3.8, 4) is 11.5 Å². The topological polar surface area (TPSA) is 66.8 Å². The maximum Gasteiger partial charge on any atom is 0.340 e. The smallest absolute Gasteiger partial charge is 0.340 e. The standard InChI is InChI=1S/C10H12O4/c1-2-9(12)10(13)14-8-5-3-7(11)4-6-8/h3-6,9,11-12H,2H2,1H3. The number of hydrogen-bond acceptors (Lipinski definition) is 4. The van der Waals surface area contributed by atoms with Gasteiger partial charge in [0.25, 0.3) is 0 Å². The van der Waals surface area contributed by atoms with E-state index in [1.165, 1.54) is 24.3 Å². The van der Waals surface area contributed by atoms with Gasteiger partial charge < -0.3 is 14.9 Å². The molecule has 1 aromatic carbocycles. The largest absolute Gasteiger partial charge is 0.508 e. The quantitative estimate of drug-likeness (QED) is 0.560. The number of carbonyl (C=O) groups excluding carboxylic acids is 1. The molecule has 0 spiro atoms. The normalized spacial score (nSPS) is 12.1. The molecule has 0 aromatic heterocycles. The molecule has 0 saturated carbocycles. The second-order valence-corrected chi connectivity index (χ2v) is 2.84. The van der Waals surface area contributed by atoms with Gasteiger partial charge in [-0.1, -0.05) is 6.92 Å². The third kappa shape index (κ3) is 2.74. The van der Waals surface area contributed by atoms with Gasteiger partial charge in [-0.3, -0.25) is 0 Å². The molecule has 1 unspecified atom stereocenters. The Morgan fingerprint density at radius 3 is 2.50 bits per heavy atom. The number of carbonyl (C=O) groups is 1. The lowest BCUT2D eigenvalue weighted by Crippen LogP contribution is -2.24. The van der Waals surface area contributed by atoms with E-state index in [0.717, 1.165) is 0 Å². The Morgan fingerprint density at radius 1 is 1.43 bits per heavy atom. The molecule has 0 saturated heterocycles. The number of ether oxygens (including phenoxy) is 1. The van der Waals surface area contributed by atoms with Crippen LogP contribution in [0.3, 0.4) is 0 Å². The Morgan fingerprint density at radius 2 is 2.00 bits per heavy atom. The number of esters is 1. The van der Waals surface area contributed by atoms with Crippen molar-refractivity contribution in [2.45, 2.75) is 19.4 Å². The van der Waals surface area contributed by atoms with Crippen LogP contribution in [0.15, 0.2) is 24.3 Å². The lowest BCUT2D eigenvalue weighted by molar-refractivity contribution is -0.143. The van der Waals surface area contributed by atoms with Gasteiger partial charge in [-0.15, -0.1) is 0 Å². The van der Waals surface area contributed by atoms with Gasteiger partial charge in [0.2, 0.25) is 0 Å². The van der Waals surface area contributed by atoms with Gasteiger partial charge in [0.05, 0.1) is 0 Å². The lowest BCUT2D eigenvalue weighted by Gasteiger charge is -2.07. The Hall–Kier alpha value is -1.55. The minimum absolute atomic E-state index is 0.0980. The third-order valence-electron chi connectivity index (χ3n) is 1.71. The number of phenolic OH excluding ortho intramolecular Hbond substituents is 1. The number of phenols is 1. The summed E-state index contributed by atoms with van der Waals surface area (Å²) in [6.07, 6.45) is -0.777. The first kappa shape index (κ1) is 10.5. The highest BCUT2D eigenvalue weighted by atomic mass is 16.5. The average Bonchev–Trinajstić information content (AvgIpc) is 2.20. The maximum absolute atomic E-state index is 11.1. The fourth-order valence-corrected chi connectivity index (χ4v) is 0.865. The van der Waals surface area contributed by atoms with E-state index >= 15 is 0 Å². The van der Waals surface area contributed by atoms with Gasteiger partial charge in [-0.2, -0.15) is 0 Å². The van der Waals surface area contributed by atoms with Crippen LogP contribution in [0.2, 0.25) is 0 Å². The minimum atomic E-state index is -1.09. The molecule has 0 aliphatic carbocycles. The molecule has 1 rings (SSSR count). The van der Waals surface area contributed by atoms with Crippen molar-refractivity contribution < 1.29 is 19.7 Å². The molecule has 4 nitrogen and oxygen atoms in total. The van der Waals surface area contributed by atoms with Crippen LogP contribution in [-0.2, 0) is 4.79 Å². The van der Waals surface area contributed by atoms with Crippen molar-refractivity contribution in [3.63, 3.8) is 0 Å². The molecular formula is C10H12O4. The molecule has 0 aliphatic rings. The second kappa shape index (κ2) is 4.62. The molecule has 0 aliphatic heterocycles. The van der Waals surface area contributed by atoms with Crippen LogP contribution in [0.1, 0.15) is 13.3 Å². The van der Waals surface area contributed by atoms with Gasteiger partial charge in [-0.25, -0.2) is 4.79 Å². The third-order valence-corrected chi connectivity index (χ3v) is 1.71. The fraction of sp³-hybridized carbons (Fsp3) is 0.300. The summed E-state index contributed by atoms with van der Waals surface area (Å²) in [4.78, 5) is 11.1. The first-order chi connectivity index (χ1) is 6.63. The molecule has 4 heteroatoms. The summed E-state index contributed by atoms with van der Waals surface area (Å²) in [6.45, 7) is 1.68. The van der Waals surface area contributed by atoms with E-state index in [2.05, 4.69) is 0 Å². The summed E-state index contributed by atoms with van der Waals surface area (Å²) in [5.74, 6) is -0.278. The van der Waals surface area contributed by atoms with Crippen molar-refractivity contribution in [3.05, 3.63) is 24.3 Å². The molecule has 1 aromatic rings. The Labute approximate surface area is 81.8 Å². The monoisotopic (exact) mass is 196 g/mol. The van der Waals surface area contributed by atoms with Crippen molar-refractivity contribution in [2.75, 3.05) is 0 Å². The molecule has 14 heavy (non-hydrogen) atoms. The molecule has 0 heterocycles. The van der Waals surface area contributed by atoms with Gasteiger partial charge in [0, 0.05) is 0 Å². The Balaban J connectivity index is 2.60. The maximum atomic E-state index is 11.1. The van der Waals surface area contributed by atoms with Crippen LogP contribution in [0.25, 0.3) is 0 Å². The predicted octanol–water partition coefficient (Wildman–Crippen LogP) is 1.07. The highest BCUT2D eigenvalue weighted by molar-refractivity contribution is 5.76. The number of aliphatic hydroxyl groups is 1. The van der Waals surface area contributed by atoms with Crippen LogP contribution in [0.5, 0.6) is 11.5 Å². The molecule has 0 amide bonds. The SMILES string of the molecule is CCC(O)C(=O)Oc1ccc(O)cc1. The molecule has 76 valence electrons. The molecule has 0 bridgehead atoms. The number of rotatable bonds is 3. The number of hydrogen-bond donors (Lipinski definition) is 2. The van der Waals surface area contributed by atoms with Crippen LogP contribution in [0, 0.1) is 0 Å². The van der Waals surface area contributed by atoms with Crippen molar-refractivity contribution in [1.82, 2.24) is 0 Å². The zero-order valence-electron chi connectivity index (χ0n) is 7.80. The van der Waals surface area contributed by atoms with E-state index in [1.54, 1.807) is 6.92 Å². The summed E-state index contributed by atoms with van der Waals surface area (Å²) in [5, 5.41) is 18.1. The average molecular weight is 196 g/mol. The summed E-state index contributed by atoms with van der Waals surface area (Å²) in [5.41, 5.74) is 0. The summed E-state index contributed by atoms with van der Waals surface area (Å²) in [7, 11) is 0. The van der Waals surface area contributed by atoms with E-state index in [9.17, 15) is 4.79 Å². The first-order valence-corrected chi connectivity index (χ1v) is 4.32. The van der Waals surface area contributed by atoms with Gasteiger partial charge >= 0.3 is 5.97 Å². The van der Waals surface area contributed by atoms with Gasteiger partial charge in [-0.05, 0) is 30.7 Å². The number of aromatic hydroxyl groups is 1. The van der Waals surface area contributed by atoms with Crippen LogP contribution < -0.4 is 4.74 Å². The Bertz CT molecular complexity index is 304. The highest BCUT2D eigenvalue weighted by Crippen LogP contribution is 2.16. The summed E-state index contributed by atoms with van der Waals surface area (Å²) >= 11 is 0. The molecule has 0 fully saturated rings. The fourth-order valence-electron chi connectivity index (χ4n) is 0.865. The predicted molar refractivity (Wildman–Crippen MR) is 50.0 cm³/mol. The molecule has 0 radical (unpaired) electrons. The van der Waals surface area contributed by atoms with Crippen LogP contribution in [-0.4, -0.2) is 22.3 Å². The highest BCUT2D eigenvalue weighted by Gasteiger charge is 2.14. The second-order valence-electron chi connectivity index (χ2n) is 2.84. The van der Waals surface area contributed by atoms with Crippen LogP contribution in [0.4, 0.5) is 0 Å². The zero-order chi connectivity index (χ0) is 10.6. The molecule has 2 N–H and O–H groups in total. The number of benzene rings is 1. The summed E-state index contributed by atoms with van der Waals surface area (Å²) < 4.78 is 4.82. The van der Waals surface area contributed by atoms with E-state index in [-0.39, 0.29) is 5.75 Å². The van der Waals surface area contributed by atoms with Gasteiger partial charge in [0.1, 0.15) is 11.5 Å². The molecular weight excluding hydrogens is 184 g/mol. The minimum Gasteiger partial charge on any atom is -0.508 e. The molecule has 1 atom stereocenters.